The van der Waals surface area contributed by atoms with Gasteiger partial charge in [0, 0.05) is 44.4 Å². The molecule has 2 aromatic rings. The lowest BCUT2D eigenvalue weighted by Crippen LogP contribution is -2.37. The SMILES string of the molecule is CCNC(=NCc1ccnc(N2CCCCC2)c1)NCc1c(CC)noc1CC.I. The van der Waals surface area contributed by atoms with Crippen LogP contribution in [0.5, 0.6) is 0 Å². The van der Waals surface area contributed by atoms with Gasteiger partial charge in [-0.15, -0.1) is 24.0 Å². The Balaban J connectivity index is 0.00000320. The number of aliphatic imine (C=N–C) groups is 1. The minimum absolute atomic E-state index is 0. The summed E-state index contributed by atoms with van der Waals surface area (Å²) in [5.74, 6) is 2.82. The Morgan fingerprint density at radius 1 is 1.13 bits per heavy atom. The van der Waals surface area contributed by atoms with E-state index in [4.69, 9.17) is 9.52 Å². The van der Waals surface area contributed by atoms with E-state index in [1.807, 2.05) is 12.3 Å². The molecule has 166 valence electrons. The smallest absolute Gasteiger partial charge is 0.191 e. The molecule has 0 unspecified atom stereocenters. The van der Waals surface area contributed by atoms with Gasteiger partial charge >= 0.3 is 0 Å². The van der Waals surface area contributed by atoms with Crippen LogP contribution in [0.2, 0.25) is 0 Å². The van der Waals surface area contributed by atoms with Gasteiger partial charge < -0.3 is 20.1 Å². The Labute approximate surface area is 197 Å². The molecule has 0 aromatic carbocycles. The van der Waals surface area contributed by atoms with E-state index >= 15 is 0 Å². The van der Waals surface area contributed by atoms with Crippen LogP contribution in [-0.4, -0.2) is 35.7 Å². The Kier molecular flexibility index (Phi) is 10.4. The van der Waals surface area contributed by atoms with Gasteiger partial charge in [-0.1, -0.05) is 19.0 Å². The van der Waals surface area contributed by atoms with Crippen molar-refractivity contribution in [1.82, 2.24) is 20.8 Å². The molecular formula is C22H35IN6O. The van der Waals surface area contributed by atoms with Crippen molar-refractivity contribution in [3.05, 3.63) is 40.9 Å². The average molecular weight is 526 g/mol. The van der Waals surface area contributed by atoms with Crippen LogP contribution in [0.4, 0.5) is 5.82 Å². The second-order valence-electron chi connectivity index (χ2n) is 7.36. The molecular weight excluding hydrogens is 491 g/mol. The number of rotatable bonds is 8. The summed E-state index contributed by atoms with van der Waals surface area (Å²) in [6.07, 6.45) is 7.43. The lowest BCUT2D eigenvalue weighted by atomic mass is 10.1. The van der Waals surface area contributed by atoms with Crippen LogP contribution < -0.4 is 15.5 Å². The maximum Gasteiger partial charge on any atom is 0.191 e. The van der Waals surface area contributed by atoms with Crippen LogP contribution in [0.25, 0.3) is 0 Å². The molecule has 1 aliphatic heterocycles. The van der Waals surface area contributed by atoms with Crippen molar-refractivity contribution in [2.45, 2.75) is 66.0 Å². The van der Waals surface area contributed by atoms with Gasteiger partial charge in [-0.05, 0) is 50.3 Å². The number of guanidine groups is 1. The fourth-order valence-corrected chi connectivity index (χ4v) is 3.68. The molecule has 8 heteroatoms. The third-order valence-corrected chi connectivity index (χ3v) is 5.29. The quantitative estimate of drug-likeness (QED) is 0.307. The lowest BCUT2D eigenvalue weighted by Gasteiger charge is -2.27. The van der Waals surface area contributed by atoms with Crippen LogP contribution >= 0.6 is 24.0 Å². The van der Waals surface area contributed by atoms with E-state index in [2.05, 4.69) is 52.5 Å². The number of piperidine rings is 1. The molecule has 1 fully saturated rings. The van der Waals surface area contributed by atoms with Crippen molar-refractivity contribution in [3.8, 4) is 0 Å². The molecule has 7 nitrogen and oxygen atoms in total. The van der Waals surface area contributed by atoms with E-state index < -0.39 is 0 Å². The first-order valence-corrected chi connectivity index (χ1v) is 10.9. The first kappa shape index (κ1) is 24.4. The van der Waals surface area contributed by atoms with Crippen molar-refractivity contribution in [2.24, 2.45) is 4.99 Å². The Morgan fingerprint density at radius 2 is 1.93 bits per heavy atom. The summed E-state index contributed by atoms with van der Waals surface area (Å²) < 4.78 is 5.47. The Bertz CT molecular complexity index is 779. The molecule has 0 atom stereocenters. The summed E-state index contributed by atoms with van der Waals surface area (Å²) in [5.41, 5.74) is 3.34. The van der Waals surface area contributed by atoms with Crippen LogP contribution in [0.15, 0.2) is 27.8 Å². The highest BCUT2D eigenvalue weighted by atomic mass is 127. The number of anilines is 1. The monoisotopic (exact) mass is 526 g/mol. The maximum absolute atomic E-state index is 5.47. The molecule has 0 aliphatic carbocycles. The topological polar surface area (TPSA) is 78.6 Å². The summed E-state index contributed by atoms with van der Waals surface area (Å²) in [6.45, 7) is 10.6. The van der Waals surface area contributed by atoms with Crippen molar-refractivity contribution < 1.29 is 4.52 Å². The van der Waals surface area contributed by atoms with E-state index in [0.717, 1.165) is 61.3 Å². The third kappa shape index (κ3) is 6.58. The normalized spacial score (nSPS) is 14.4. The number of aryl methyl sites for hydroxylation is 2. The fourth-order valence-electron chi connectivity index (χ4n) is 3.68. The van der Waals surface area contributed by atoms with Crippen molar-refractivity contribution in [1.29, 1.82) is 0 Å². The van der Waals surface area contributed by atoms with Crippen LogP contribution in [0.3, 0.4) is 0 Å². The minimum atomic E-state index is 0. The van der Waals surface area contributed by atoms with E-state index in [1.54, 1.807) is 0 Å². The van der Waals surface area contributed by atoms with Crippen molar-refractivity contribution >= 4 is 35.8 Å². The number of nitrogens with one attached hydrogen (secondary N) is 2. The lowest BCUT2D eigenvalue weighted by molar-refractivity contribution is 0.380. The summed E-state index contributed by atoms with van der Waals surface area (Å²) in [7, 11) is 0. The first-order chi connectivity index (χ1) is 14.2. The zero-order valence-electron chi connectivity index (χ0n) is 18.4. The molecule has 1 saturated heterocycles. The van der Waals surface area contributed by atoms with Gasteiger partial charge in [0.2, 0.25) is 0 Å². The number of halogens is 1. The predicted octanol–water partition coefficient (Wildman–Crippen LogP) is 4.06. The van der Waals surface area contributed by atoms with Gasteiger partial charge in [-0.3, -0.25) is 0 Å². The van der Waals surface area contributed by atoms with E-state index in [1.165, 1.54) is 24.8 Å². The highest BCUT2D eigenvalue weighted by Crippen LogP contribution is 2.19. The molecule has 0 spiro atoms. The summed E-state index contributed by atoms with van der Waals surface area (Å²) in [6, 6.07) is 4.22. The van der Waals surface area contributed by atoms with E-state index in [9.17, 15) is 0 Å². The van der Waals surface area contributed by atoms with Crippen LogP contribution in [0, 0.1) is 0 Å². The summed E-state index contributed by atoms with van der Waals surface area (Å²) in [4.78, 5) is 11.7. The van der Waals surface area contributed by atoms with Gasteiger partial charge in [0.1, 0.15) is 11.6 Å². The largest absolute Gasteiger partial charge is 0.361 e. The zero-order valence-corrected chi connectivity index (χ0v) is 20.7. The Morgan fingerprint density at radius 3 is 2.63 bits per heavy atom. The number of hydrogen-bond donors (Lipinski definition) is 2. The van der Waals surface area contributed by atoms with E-state index in [-0.39, 0.29) is 24.0 Å². The molecule has 3 heterocycles. The zero-order chi connectivity index (χ0) is 20.5. The Hall–Kier alpha value is -1.84. The van der Waals surface area contributed by atoms with Gasteiger partial charge in [-0.25, -0.2) is 9.98 Å². The van der Waals surface area contributed by atoms with Crippen molar-refractivity contribution in [3.63, 3.8) is 0 Å². The highest BCUT2D eigenvalue weighted by molar-refractivity contribution is 14.0. The highest BCUT2D eigenvalue weighted by Gasteiger charge is 2.14. The molecule has 1 aliphatic rings. The second-order valence-corrected chi connectivity index (χ2v) is 7.36. The molecule has 30 heavy (non-hydrogen) atoms. The van der Waals surface area contributed by atoms with Gasteiger partial charge in [0.15, 0.2) is 5.96 Å². The van der Waals surface area contributed by atoms with Gasteiger partial charge in [-0.2, -0.15) is 0 Å². The molecule has 2 aromatic heterocycles. The standard InChI is InChI=1S/C22H34N6O.HI/c1-4-19-18(20(5-2)29-27-19)16-26-22(23-6-3)25-15-17-10-11-24-21(14-17)28-12-8-7-9-13-28;/h10-11,14H,4-9,12-13,15-16H2,1-3H3,(H2,23,25,26);1H. The summed E-state index contributed by atoms with van der Waals surface area (Å²) >= 11 is 0. The molecule has 0 bridgehead atoms. The van der Waals surface area contributed by atoms with Crippen LogP contribution in [0.1, 0.15) is 62.6 Å². The maximum atomic E-state index is 5.47. The fraction of sp³-hybridized carbons (Fsp3) is 0.591. The number of nitrogens with zero attached hydrogens (tertiary/aromatic N) is 4. The number of aromatic nitrogens is 2. The van der Waals surface area contributed by atoms with E-state index in [0.29, 0.717) is 13.1 Å². The average Bonchev–Trinajstić information content (AvgIpc) is 3.18. The number of hydrogen-bond acceptors (Lipinski definition) is 5. The predicted molar refractivity (Wildman–Crippen MR) is 133 cm³/mol. The van der Waals surface area contributed by atoms with Crippen LogP contribution in [-0.2, 0) is 25.9 Å². The van der Waals surface area contributed by atoms with Gasteiger partial charge in [0.25, 0.3) is 0 Å². The number of pyridine rings is 1. The summed E-state index contributed by atoms with van der Waals surface area (Å²) in [5, 5.41) is 11.0. The minimum Gasteiger partial charge on any atom is -0.361 e. The molecule has 3 rings (SSSR count). The van der Waals surface area contributed by atoms with Gasteiger partial charge in [0.05, 0.1) is 12.2 Å². The van der Waals surface area contributed by atoms with Crippen molar-refractivity contribution in [2.75, 3.05) is 24.5 Å². The first-order valence-electron chi connectivity index (χ1n) is 10.9. The molecule has 0 radical (unpaired) electrons. The molecule has 2 N–H and O–H groups in total. The second kappa shape index (κ2) is 12.8. The molecule has 0 amide bonds. The third-order valence-electron chi connectivity index (χ3n) is 5.29. The molecule has 0 saturated carbocycles.